The van der Waals surface area contributed by atoms with Crippen molar-refractivity contribution in [1.29, 1.82) is 0 Å². The Morgan fingerprint density at radius 1 is 1.09 bits per heavy atom. The van der Waals surface area contributed by atoms with E-state index in [-0.39, 0.29) is 0 Å². The predicted molar refractivity (Wildman–Crippen MR) is 42.3 cm³/mol. The summed E-state index contributed by atoms with van der Waals surface area (Å²) in [6.07, 6.45) is 6.63. The van der Waals surface area contributed by atoms with Crippen molar-refractivity contribution in [3.05, 3.63) is 30.9 Å². The lowest BCUT2D eigenvalue weighted by Crippen LogP contribution is -1.79. The number of pyridine rings is 2. The minimum Gasteiger partial charge on any atom is -0.299 e. The van der Waals surface area contributed by atoms with Gasteiger partial charge in [0.25, 0.3) is 0 Å². The third-order valence-electron chi connectivity index (χ3n) is 1.56. The lowest BCUT2D eigenvalue weighted by molar-refractivity contribution is 1.30. The van der Waals surface area contributed by atoms with Gasteiger partial charge in [-0.15, -0.1) is 0 Å². The van der Waals surface area contributed by atoms with E-state index in [2.05, 4.69) is 9.97 Å². The number of hydrogen-bond acceptors (Lipinski definition) is 2. The van der Waals surface area contributed by atoms with Crippen molar-refractivity contribution in [2.45, 2.75) is 0 Å². The van der Waals surface area contributed by atoms with Crippen LogP contribution in [0.5, 0.6) is 0 Å². The number of nitrogens with zero attached hydrogens (tertiary/aromatic N) is 2. The molecule has 0 atom stereocenters. The first-order chi connectivity index (χ1) is 5.38. The summed E-state index contributed by atoms with van der Waals surface area (Å²) in [4.78, 5) is 7.82. The van der Waals surface area contributed by atoms with Crippen molar-refractivity contribution in [2.75, 3.05) is 0 Å². The molecule has 2 heterocycles. The smallest absolute Gasteiger partial charge is 0.0816 e. The highest BCUT2D eigenvalue weighted by molar-refractivity contribution is 5.89. The summed E-state index contributed by atoms with van der Waals surface area (Å²) in [7, 11) is 0. The zero-order chi connectivity index (χ0) is 7.68. The monoisotopic (exact) mass is 144 g/mol. The second-order valence-corrected chi connectivity index (χ2v) is 2.28. The summed E-state index contributed by atoms with van der Waals surface area (Å²) in [5.74, 6) is 0. The Morgan fingerprint density at radius 3 is 2.82 bits per heavy atom. The average molecular weight is 144 g/mol. The summed E-state index contributed by atoms with van der Waals surface area (Å²) < 4.78 is 0. The molecule has 0 aliphatic carbocycles. The van der Waals surface area contributed by atoms with Crippen molar-refractivity contribution in [2.24, 2.45) is 0 Å². The number of hydrogen-bond donors (Lipinski definition) is 0. The molecule has 53 valence electrons. The zero-order valence-electron chi connectivity index (χ0n) is 5.78. The number of aromatic nitrogens is 2. The molecule has 3 heteroatoms. The van der Waals surface area contributed by atoms with Gasteiger partial charge in [0.05, 0.1) is 11.9 Å². The van der Waals surface area contributed by atoms with Gasteiger partial charge in [0.15, 0.2) is 0 Å². The topological polar surface area (TPSA) is 49.6 Å². The van der Waals surface area contributed by atoms with Gasteiger partial charge in [-0.05, 0) is 6.07 Å². The molecule has 0 unspecified atom stereocenters. The molecule has 1 radical (unpaired) electrons. The first kappa shape index (κ1) is 6.09. The minimum absolute atomic E-state index is 0.426. The average Bonchev–Trinajstić information content (AvgIpc) is 2.06. The molecule has 0 aliphatic rings. The van der Waals surface area contributed by atoms with E-state index in [9.17, 15) is 0 Å². The largest absolute Gasteiger partial charge is 0.299 e. The Morgan fingerprint density at radius 2 is 2.00 bits per heavy atom. The molecule has 0 bridgehead atoms. The molecule has 0 aliphatic heterocycles. The Bertz CT molecular complexity index is 378. The summed E-state index contributed by atoms with van der Waals surface area (Å²) in [5.41, 5.74) is 7.89. The SMILES string of the molecule is [NH]c1cncc2ccncc12. The summed E-state index contributed by atoms with van der Waals surface area (Å²) in [6, 6.07) is 1.85. The predicted octanol–water partition coefficient (Wildman–Crippen LogP) is 1.54. The maximum atomic E-state index is 7.46. The summed E-state index contributed by atoms with van der Waals surface area (Å²) in [6.45, 7) is 0. The van der Waals surface area contributed by atoms with E-state index in [0.29, 0.717) is 5.69 Å². The van der Waals surface area contributed by atoms with Gasteiger partial charge in [0.2, 0.25) is 0 Å². The van der Waals surface area contributed by atoms with Crippen LogP contribution in [-0.4, -0.2) is 9.97 Å². The van der Waals surface area contributed by atoms with Gasteiger partial charge < -0.3 is 0 Å². The first-order valence-electron chi connectivity index (χ1n) is 3.27. The van der Waals surface area contributed by atoms with Gasteiger partial charge in [-0.3, -0.25) is 15.7 Å². The van der Waals surface area contributed by atoms with E-state index >= 15 is 0 Å². The van der Waals surface area contributed by atoms with Crippen molar-refractivity contribution in [1.82, 2.24) is 15.7 Å². The standard InChI is InChI=1S/C8H6N3/c9-8-5-11-3-6-1-2-10-4-7(6)8/h1-5,9H. The van der Waals surface area contributed by atoms with Gasteiger partial charge in [-0.25, -0.2) is 0 Å². The lowest BCUT2D eigenvalue weighted by Gasteiger charge is -1.96. The zero-order valence-corrected chi connectivity index (χ0v) is 5.78. The van der Waals surface area contributed by atoms with Gasteiger partial charge in [0.1, 0.15) is 0 Å². The van der Waals surface area contributed by atoms with E-state index < -0.39 is 0 Å². The number of nitrogens with one attached hydrogen (secondary N) is 1. The lowest BCUT2D eigenvalue weighted by atomic mass is 10.2. The third-order valence-corrected chi connectivity index (χ3v) is 1.56. The van der Waals surface area contributed by atoms with E-state index in [1.807, 2.05) is 6.07 Å². The Balaban J connectivity index is 2.91. The van der Waals surface area contributed by atoms with Gasteiger partial charge >= 0.3 is 0 Å². The van der Waals surface area contributed by atoms with Gasteiger partial charge in [0, 0.05) is 29.4 Å². The molecule has 0 aromatic carbocycles. The Labute approximate surface area is 63.9 Å². The maximum absolute atomic E-state index is 7.46. The number of fused-ring (bicyclic) bond motifs is 1. The Hall–Kier alpha value is -1.64. The molecule has 0 spiro atoms. The molecular formula is C8H6N3. The van der Waals surface area contributed by atoms with Gasteiger partial charge in [-0.1, -0.05) is 0 Å². The van der Waals surface area contributed by atoms with E-state index in [1.54, 1.807) is 18.6 Å². The molecule has 0 fully saturated rings. The highest BCUT2D eigenvalue weighted by Crippen LogP contribution is 2.17. The molecule has 2 aromatic heterocycles. The van der Waals surface area contributed by atoms with Crippen molar-refractivity contribution in [3.8, 4) is 0 Å². The highest BCUT2D eigenvalue weighted by Gasteiger charge is 1.95. The fourth-order valence-corrected chi connectivity index (χ4v) is 1.00. The second-order valence-electron chi connectivity index (χ2n) is 2.28. The van der Waals surface area contributed by atoms with Crippen LogP contribution in [0.2, 0.25) is 0 Å². The van der Waals surface area contributed by atoms with Crippen molar-refractivity contribution in [3.63, 3.8) is 0 Å². The highest BCUT2D eigenvalue weighted by atomic mass is 14.7. The maximum Gasteiger partial charge on any atom is 0.0816 e. The first-order valence-corrected chi connectivity index (χ1v) is 3.27. The molecule has 0 saturated carbocycles. The normalized spacial score (nSPS) is 10.2. The molecule has 11 heavy (non-hydrogen) atoms. The van der Waals surface area contributed by atoms with Crippen LogP contribution in [-0.2, 0) is 0 Å². The van der Waals surface area contributed by atoms with Crippen LogP contribution in [0.15, 0.2) is 30.9 Å². The van der Waals surface area contributed by atoms with E-state index in [4.69, 9.17) is 5.73 Å². The molecular weight excluding hydrogens is 138 g/mol. The molecule has 0 amide bonds. The number of rotatable bonds is 0. The van der Waals surface area contributed by atoms with Gasteiger partial charge in [-0.2, -0.15) is 0 Å². The Kier molecular flexibility index (Phi) is 1.22. The van der Waals surface area contributed by atoms with Crippen LogP contribution in [0, 0.1) is 0 Å². The quantitative estimate of drug-likeness (QED) is 0.563. The minimum atomic E-state index is 0.426. The van der Waals surface area contributed by atoms with Crippen LogP contribution in [0.25, 0.3) is 10.8 Å². The molecule has 2 rings (SSSR count). The molecule has 2 aromatic rings. The van der Waals surface area contributed by atoms with Crippen molar-refractivity contribution < 1.29 is 0 Å². The summed E-state index contributed by atoms with van der Waals surface area (Å²) in [5, 5.41) is 1.81. The molecule has 0 saturated heterocycles. The molecule has 3 nitrogen and oxygen atoms in total. The van der Waals surface area contributed by atoms with Crippen LogP contribution in [0.4, 0.5) is 5.69 Å². The van der Waals surface area contributed by atoms with Crippen LogP contribution < -0.4 is 5.73 Å². The van der Waals surface area contributed by atoms with E-state index in [0.717, 1.165) is 10.8 Å². The van der Waals surface area contributed by atoms with Crippen molar-refractivity contribution >= 4 is 16.5 Å². The molecule has 1 N–H and O–H groups in total. The van der Waals surface area contributed by atoms with Crippen LogP contribution in [0.3, 0.4) is 0 Å². The van der Waals surface area contributed by atoms with Crippen LogP contribution in [0.1, 0.15) is 0 Å². The van der Waals surface area contributed by atoms with E-state index in [1.165, 1.54) is 6.20 Å². The van der Waals surface area contributed by atoms with Crippen LogP contribution >= 0.6 is 0 Å². The fraction of sp³-hybridized carbons (Fsp3) is 0. The summed E-state index contributed by atoms with van der Waals surface area (Å²) >= 11 is 0. The third kappa shape index (κ3) is 0.902. The fourth-order valence-electron chi connectivity index (χ4n) is 1.00. The second kappa shape index (κ2) is 2.20.